The molecule has 0 amide bonds. The number of rotatable bonds is 6. The normalized spacial score (nSPS) is 23.8. The maximum atomic E-state index is 10.2. The highest BCUT2D eigenvalue weighted by molar-refractivity contribution is 5.65. The van der Waals surface area contributed by atoms with Gasteiger partial charge in [-0.1, -0.05) is 36.4 Å². The quantitative estimate of drug-likeness (QED) is 0.627. The molecule has 0 spiro atoms. The van der Waals surface area contributed by atoms with E-state index in [0.717, 1.165) is 49.5 Å². The first-order chi connectivity index (χ1) is 16.3. The minimum absolute atomic E-state index is 0.192. The molecule has 3 aromatic rings. The molecular formula is C27H32N4O2. The zero-order chi connectivity index (χ0) is 22.6. The third-order valence-corrected chi connectivity index (χ3v) is 7.17. The number of nitrogens with zero attached hydrogens (tertiary/aromatic N) is 4. The SMILES string of the molecule is COc1cccc(-c2ccc([C@H]3[C@@H](CO)N4CCCCN(Cc5cncnc5)C[C@@H]34)cc2)c1. The maximum Gasteiger partial charge on any atom is 0.119 e. The Morgan fingerprint density at radius 3 is 2.55 bits per heavy atom. The Kier molecular flexibility index (Phi) is 6.67. The number of hydrogen-bond donors (Lipinski definition) is 1. The topological polar surface area (TPSA) is 61.7 Å². The molecule has 172 valence electrons. The predicted molar refractivity (Wildman–Crippen MR) is 129 cm³/mol. The molecule has 2 aliphatic heterocycles. The molecule has 5 rings (SSSR count). The molecule has 2 fully saturated rings. The fourth-order valence-corrected chi connectivity index (χ4v) is 5.53. The van der Waals surface area contributed by atoms with E-state index < -0.39 is 0 Å². The average molecular weight is 445 g/mol. The van der Waals surface area contributed by atoms with E-state index in [1.165, 1.54) is 17.5 Å². The zero-order valence-electron chi connectivity index (χ0n) is 19.2. The van der Waals surface area contributed by atoms with Crippen LogP contribution in [0.4, 0.5) is 0 Å². The van der Waals surface area contributed by atoms with E-state index in [4.69, 9.17) is 4.74 Å². The van der Waals surface area contributed by atoms with Crippen molar-refractivity contribution in [3.63, 3.8) is 0 Å². The fraction of sp³-hybridized carbons (Fsp3) is 0.407. The molecule has 2 saturated heterocycles. The molecule has 1 N–H and O–H groups in total. The van der Waals surface area contributed by atoms with Crippen molar-refractivity contribution in [2.24, 2.45) is 0 Å². The molecule has 2 aromatic carbocycles. The van der Waals surface area contributed by atoms with Crippen LogP contribution >= 0.6 is 0 Å². The number of ether oxygens (including phenoxy) is 1. The second-order valence-corrected chi connectivity index (χ2v) is 9.12. The minimum Gasteiger partial charge on any atom is -0.497 e. The van der Waals surface area contributed by atoms with Crippen molar-refractivity contribution in [3.05, 3.63) is 78.4 Å². The van der Waals surface area contributed by atoms with Gasteiger partial charge in [0.05, 0.1) is 13.7 Å². The monoisotopic (exact) mass is 444 g/mol. The first-order valence-electron chi connectivity index (χ1n) is 11.8. The van der Waals surface area contributed by atoms with E-state index in [1.54, 1.807) is 13.4 Å². The molecule has 0 saturated carbocycles. The molecule has 2 aliphatic rings. The second-order valence-electron chi connectivity index (χ2n) is 9.12. The van der Waals surface area contributed by atoms with Gasteiger partial charge in [-0.2, -0.15) is 0 Å². The van der Waals surface area contributed by atoms with Gasteiger partial charge in [0, 0.05) is 49.0 Å². The van der Waals surface area contributed by atoms with Crippen LogP contribution in [0.5, 0.6) is 5.75 Å². The van der Waals surface area contributed by atoms with E-state index >= 15 is 0 Å². The van der Waals surface area contributed by atoms with Gasteiger partial charge in [-0.25, -0.2) is 9.97 Å². The van der Waals surface area contributed by atoms with Crippen molar-refractivity contribution in [3.8, 4) is 16.9 Å². The van der Waals surface area contributed by atoms with Crippen LogP contribution in [0.15, 0.2) is 67.3 Å². The van der Waals surface area contributed by atoms with Crippen molar-refractivity contribution in [1.29, 1.82) is 0 Å². The summed E-state index contributed by atoms with van der Waals surface area (Å²) in [4.78, 5) is 13.4. The zero-order valence-corrected chi connectivity index (χ0v) is 19.2. The van der Waals surface area contributed by atoms with Crippen molar-refractivity contribution in [2.75, 3.05) is 33.4 Å². The lowest BCUT2D eigenvalue weighted by Crippen LogP contribution is -2.67. The van der Waals surface area contributed by atoms with Crippen LogP contribution in [-0.2, 0) is 6.54 Å². The van der Waals surface area contributed by atoms with Crippen LogP contribution in [0.3, 0.4) is 0 Å². The molecular weight excluding hydrogens is 412 g/mol. The molecule has 1 aromatic heterocycles. The Balaban J connectivity index is 1.36. The number of aliphatic hydroxyl groups is 1. The van der Waals surface area contributed by atoms with E-state index in [1.807, 2.05) is 24.5 Å². The summed E-state index contributed by atoms with van der Waals surface area (Å²) in [6.45, 7) is 4.22. The first-order valence-corrected chi connectivity index (χ1v) is 11.8. The molecule has 0 aliphatic carbocycles. The standard InChI is InChI=1S/C27H32N4O2/c1-33-24-6-4-5-23(13-24)21-7-9-22(10-8-21)27-25-17-30(16-20-14-28-19-29-15-20)11-2-3-12-31(25)26(27)18-32/h4-10,13-15,19,25-27,32H,2-3,11-12,16-18H2,1H3/t25-,26+,27+/m0/s1. The lowest BCUT2D eigenvalue weighted by Gasteiger charge is -2.57. The molecule has 0 bridgehead atoms. The molecule has 3 atom stereocenters. The Bertz CT molecular complexity index is 1040. The summed E-state index contributed by atoms with van der Waals surface area (Å²) in [5, 5.41) is 10.2. The number of methoxy groups -OCH3 is 1. The van der Waals surface area contributed by atoms with Crippen molar-refractivity contribution < 1.29 is 9.84 Å². The molecule has 33 heavy (non-hydrogen) atoms. The second kappa shape index (κ2) is 10.00. The van der Waals surface area contributed by atoms with Gasteiger partial charge in [0.1, 0.15) is 12.1 Å². The third kappa shape index (κ3) is 4.64. The Morgan fingerprint density at radius 1 is 1.00 bits per heavy atom. The van der Waals surface area contributed by atoms with Crippen LogP contribution < -0.4 is 4.74 Å². The summed E-state index contributed by atoms with van der Waals surface area (Å²) in [6.07, 6.45) is 7.75. The average Bonchev–Trinajstić information content (AvgIpc) is 2.85. The summed E-state index contributed by atoms with van der Waals surface area (Å²) >= 11 is 0. The van der Waals surface area contributed by atoms with Crippen molar-refractivity contribution in [1.82, 2.24) is 19.8 Å². The number of benzene rings is 2. The highest BCUT2D eigenvalue weighted by atomic mass is 16.5. The number of aromatic nitrogens is 2. The summed E-state index contributed by atoms with van der Waals surface area (Å²) < 4.78 is 5.38. The lowest BCUT2D eigenvalue weighted by molar-refractivity contribution is -0.0655. The van der Waals surface area contributed by atoms with Gasteiger partial charge in [-0.05, 0) is 54.8 Å². The fourth-order valence-electron chi connectivity index (χ4n) is 5.53. The van der Waals surface area contributed by atoms with Gasteiger partial charge in [-0.15, -0.1) is 0 Å². The van der Waals surface area contributed by atoms with Crippen LogP contribution in [0.1, 0.15) is 29.9 Å². The smallest absolute Gasteiger partial charge is 0.119 e. The summed E-state index contributed by atoms with van der Waals surface area (Å²) in [5.74, 6) is 1.20. The summed E-state index contributed by atoms with van der Waals surface area (Å²) in [5.41, 5.74) is 4.79. The van der Waals surface area contributed by atoms with Crippen molar-refractivity contribution >= 4 is 0 Å². The molecule has 0 unspecified atom stereocenters. The number of aliphatic hydroxyl groups excluding tert-OH is 1. The summed E-state index contributed by atoms with van der Waals surface area (Å²) in [6, 6.07) is 17.7. The molecule has 3 heterocycles. The Morgan fingerprint density at radius 2 is 1.79 bits per heavy atom. The molecule has 0 radical (unpaired) electrons. The Hall–Kier alpha value is -2.80. The molecule has 6 heteroatoms. The highest BCUT2D eigenvalue weighted by Gasteiger charge is 2.49. The van der Waals surface area contributed by atoms with Gasteiger partial charge in [0.2, 0.25) is 0 Å². The minimum atomic E-state index is 0.192. The van der Waals surface area contributed by atoms with Gasteiger partial charge < -0.3 is 9.84 Å². The van der Waals surface area contributed by atoms with Crippen LogP contribution in [-0.4, -0.2) is 70.3 Å². The number of hydrogen-bond acceptors (Lipinski definition) is 6. The van der Waals surface area contributed by atoms with E-state index in [0.29, 0.717) is 12.0 Å². The Labute approximate surface area is 195 Å². The molecule has 6 nitrogen and oxygen atoms in total. The lowest BCUT2D eigenvalue weighted by atomic mass is 9.74. The van der Waals surface area contributed by atoms with E-state index in [-0.39, 0.29) is 12.6 Å². The van der Waals surface area contributed by atoms with Gasteiger partial charge in [0.25, 0.3) is 0 Å². The van der Waals surface area contributed by atoms with Gasteiger partial charge in [-0.3, -0.25) is 9.80 Å². The highest BCUT2D eigenvalue weighted by Crippen LogP contribution is 2.42. The van der Waals surface area contributed by atoms with Gasteiger partial charge >= 0.3 is 0 Å². The van der Waals surface area contributed by atoms with E-state index in [9.17, 15) is 5.11 Å². The first kappa shape index (κ1) is 22.0. The predicted octanol–water partition coefficient (Wildman–Crippen LogP) is 3.58. The largest absolute Gasteiger partial charge is 0.497 e. The van der Waals surface area contributed by atoms with Crippen LogP contribution in [0.2, 0.25) is 0 Å². The number of fused-ring (bicyclic) bond motifs is 1. The van der Waals surface area contributed by atoms with E-state index in [2.05, 4.69) is 56.2 Å². The maximum absolute atomic E-state index is 10.2. The van der Waals surface area contributed by atoms with Crippen LogP contribution in [0, 0.1) is 0 Å². The van der Waals surface area contributed by atoms with Gasteiger partial charge in [0.15, 0.2) is 0 Å². The van der Waals surface area contributed by atoms with Crippen molar-refractivity contribution in [2.45, 2.75) is 37.4 Å². The third-order valence-electron chi connectivity index (χ3n) is 7.17. The van der Waals surface area contributed by atoms with Crippen LogP contribution in [0.25, 0.3) is 11.1 Å². The summed E-state index contributed by atoms with van der Waals surface area (Å²) in [7, 11) is 1.70.